The summed E-state index contributed by atoms with van der Waals surface area (Å²) in [7, 11) is 0. The molecule has 1 aliphatic rings. The van der Waals surface area contributed by atoms with Crippen LogP contribution < -0.4 is 14.8 Å². The normalized spacial score (nSPS) is 11.9. The highest BCUT2D eigenvalue weighted by molar-refractivity contribution is 7.99. The van der Waals surface area contributed by atoms with E-state index in [1.54, 1.807) is 30.3 Å². The SMILES string of the molecule is O=C(CSc1ccc(C(=O)Nc2ccc(F)cc2)cn1)c1ccc2c(c1)OCO2. The van der Waals surface area contributed by atoms with Gasteiger partial charge in [-0.05, 0) is 54.6 Å². The number of amides is 1. The van der Waals surface area contributed by atoms with Gasteiger partial charge in [-0.2, -0.15) is 0 Å². The first kappa shape index (κ1) is 18.9. The predicted molar refractivity (Wildman–Crippen MR) is 106 cm³/mol. The second-order valence-corrected chi connectivity index (χ2v) is 7.12. The molecule has 6 nitrogen and oxygen atoms in total. The minimum absolute atomic E-state index is 0.0618. The largest absolute Gasteiger partial charge is 0.454 e. The van der Waals surface area contributed by atoms with Crippen molar-refractivity contribution in [2.45, 2.75) is 5.03 Å². The van der Waals surface area contributed by atoms with Crippen molar-refractivity contribution in [1.29, 1.82) is 0 Å². The number of nitrogens with one attached hydrogen (secondary N) is 1. The van der Waals surface area contributed by atoms with E-state index in [2.05, 4.69) is 10.3 Å². The molecule has 0 atom stereocenters. The fraction of sp³-hybridized carbons (Fsp3) is 0.0952. The number of halogens is 1. The molecule has 29 heavy (non-hydrogen) atoms. The fourth-order valence-electron chi connectivity index (χ4n) is 2.63. The van der Waals surface area contributed by atoms with Crippen LogP contribution in [0.4, 0.5) is 10.1 Å². The molecule has 0 spiro atoms. The minimum atomic E-state index is -0.374. The first-order valence-electron chi connectivity index (χ1n) is 8.67. The zero-order chi connectivity index (χ0) is 20.2. The lowest BCUT2D eigenvalue weighted by Gasteiger charge is -2.06. The molecule has 2 aromatic carbocycles. The van der Waals surface area contributed by atoms with E-state index in [1.165, 1.54) is 42.2 Å². The number of nitrogens with zero attached hydrogens (tertiary/aromatic N) is 1. The lowest BCUT2D eigenvalue weighted by Crippen LogP contribution is -2.12. The number of aromatic nitrogens is 1. The van der Waals surface area contributed by atoms with Gasteiger partial charge >= 0.3 is 0 Å². The second kappa shape index (κ2) is 8.32. The molecule has 0 unspecified atom stereocenters. The minimum Gasteiger partial charge on any atom is -0.454 e. The Labute approximate surface area is 170 Å². The first-order valence-corrected chi connectivity index (χ1v) is 9.66. The van der Waals surface area contributed by atoms with E-state index in [1.807, 2.05) is 0 Å². The van der Waals surface area contributed by atoms with Crippen LogP contribution in [-0.2, 0) is 0 Å². The van der Waals surface area contributed by atoms with Crippen LogP contribution in [0.5, 0.6) is 11.5 Å². The van der Waals surface area contributed by atoms with Crippen molar-refractivity contribution in [3.63, 3.8) is 0 Å². The zero-order valence-electron chi connectivity index (χ0n) is 15.1. The van der Waals surface area contributed by atoms with Crippen LogP contribution in [0.25, 0.3) is 0 Å². The predicted octanol–water partition coefficient (Wildman–Crippen LogP) is 4.18. The summed E-state index contributed by atoms with van der Waals surface area (Å²) in [6.45, 7) is 0.159. The van der Waals surface area contributed by atoms with E-state index >= 15 is 0 Å². The standard InChI is InChI=1S/C21H15FN2O4S/c22-15-3-5-16(6-4-15)24-21(26)14-2-8-20(23-10-14)29-11-17(25)13-1-7-18-19(9-13)28-12-27-18/h1-10H,11-12H2,(H,24,26). The lowest BCUT2D eigenvalue weighted by molar-refractivity contribution is 0.101. The van der Waals surface area contributed by atoms with E-state index in [0.29, 0.717) is 33.3 Å². The van der Waals surface area contributed by atoms with Crippen molar-refractivity contribution in [1.82, 2.24) is 4.98 Å². The highest BCUT2D eigenvalue weighted by Gasteiger charge is 2.16. The van der Waals surface area contributed by atoms with E-state index in [4.69, 9.17) is 9.47 Å². The summed E-state index contributed by atoms with van der Waals surface area (Å²) >= 11 is 1.28. The average molecular weight is 410 g/mol. The first-order chi connectivity index (χ1) is 14.1. The van der Waals surface area contributed by atoms with Gasteiger partial charge in [0.15, 0.2) is 17.3 Å². The number of fused-ring (bicyclic) bond motifs is 1. The van der Waals surface area contributed by atoms with Crippen LogP contribution >= 0.6 is 11.8 Å². The molecule has 0 bridgehead atoms. The molecule has 0 radical (unpaired) electrons. The Hall–Kier alpha value is -3.39. The third-order valence-corrected chi connectivity index (χ3v) is 5.09. The van der Waals surface area contributed by atoms with Gasteiger partial charge in [-0.25, -0.2) is 9.37 Å². The number of carbonyl (C=O) groups excluding carboxylic acids is 2. The summed E-state index contributed by atoms with van der Waals surface area (Å²) in [6, 6.07) is 13.9. The molecule has 1 aliphatic heterocycles. The van der Waals surface area contributed by atoms with Gasteiger partial charge in [-0.1, -0.05) is 11.8 Å². The molecule has 1 N–H and O–H groups in total. The Balaban J connectivity index is 1.33. The van der Waals surface area contributed by atoms with Crippen molar-refractivity contribution in [3.05, 3.63) is 77.7 Å². The number of hydrogen-bond acceptors (Lipinski definition) is 6. The van der Waals surface area contributed by atoms with E-state index in [9.17, 15) is 14.0 Å². The van der Waals surface area contributed by atoms with Gasteiger partial charge in [0, 0.05) is 17.4 Å². The molecule has 0 aliphatic carbocycles. The summed E-state index contributed by atoms with van der Waals surface area (Å²) in [5, 5.41) is 3.29. The third kappa shape index (κ3) is 4.55. The maximum atomic E-state index is 12.9. The van der Waals surface area contributed by atoms with Gasteiger partial charge in [-0.3, -0.25) is 9.59 Å². The van der Waals surface area contributed by atoms with Crippen LogP contribution in [-0.4, -0.2) is 29.2 Å². The molecule has 2 heterocycles. The summed E-state index contributed by atoms with van der Waals surface area (Å²) in [4.78, 5) is 28.8. The van der Waals surface area contributed by atoms with Crippen molar-refractivity contribution >= 4 is 29.1 Å². The molecule has 3 aromatic rings. The molecule has 4 rings (SSSR count). The molecular formula is C21H15FN2O4S. The average Bonchev–Trinajstić information content (AvgIpc) is 3.22. The van der Waals surface area contributed by atoms with Crippen molar-refractivity contribution in [3.8, 4) is 11.5 Å². The number of hydrogen-bond donors (Lipinski definition) is 1. The van der Waals surface area contributed by atoms with Gasteiger partial charge in [0.1, 0.15) is 5.82 Å². The lowest BCUT2D eigenvalue weighted by atomic mass is 10.1. The van der Waals surface area contributed by atoms with Crippen molar-refractivity contribution < 1.29 is 23.5 Å². The maximum Gasteiger partial charge on any atom is 0.257 e. The Morgan fingerprint density at radius 1 is 1.00 bits per heavy atom. The molecule has 146 valence electrons. The highest BCUT2D eigenvalue weighted by atomic mass is 32.2. The molecule has 0 saturated heterocycles. The van der Waals surface area contributed by atoms with E-state index in [-0.39, 0.29) is 30.1 Å². The van der Waals surface area contributed by atoms with Crippen molar-refractivity contribution in [2.75, 3.05) is 17.9 Å². The summed E-state index contributed by atoms with van der Waals surface area (Å²) in [5.74, 6) is 0.612. The Bertz CT molecular complexity index is 1060. The topological polar surface area (TPSA) is 77.5 Å². The monoisotopic (exact) mass is 410 g/mol. The molecule has 0 fully saturated rings. The Morgan fingerprint density at radius 2 is 1.76 bits per heavy atom. The van der Waals surface area contributed by atoms with Gasteiger partial charge in [0.25, 0.3) is 5.91 Å². The van der Waals surface area contributed by atoms with Crippen LogP contribution in [0.2, 0.25) is 0 Å². The molecule has 1 aromatic heterocycles. The Morgan fingerprint density at radius 3 is 2.52 bits per heavy atom. The highest BCUT2D eigenvalue weighted by Crippen LogP contribution is 2.33. The molecule has 8 heteroatoms. The second-order valence-electron chi connectivity index (χ2n) is 6.13. The number of carbonyl (C=O) groups is 2. The van der Waals surface area contributed by atoms with Crippen LogP contribution in [0.1, 0.15) is 20.7 Å². The van der Waals surface area contributed by atoms with Crippen LogP contribution in [0.15, 0.2) is 65.8 Å². The summed E-state index contributed by atoms with van der Waals surface area (Å²) < 4.78 is 23.5. The van der Waals surface area contributed by atoms with Crippen LogP contribution in [0, 0.1) is 5.82 Å². The third-order valence-electron chi connectivity index (χ3n) is 4.15. The molecule has 1 amide bonds. The summed E-state index contributed by atoms with van der Waals surface area (Å²) in [5.41, 5.74) is 1.39. The number of anilines is 1. The number of benzene rings is 2. The zero-order valence-corrected chi connectivity index (χ0v) is 15.9. The fourth-order valence-corrected chi connectivity index (χ4v) is 3.37. The van der Waals surface area contributed by atoms with Gasteiger partial charge in [0.05, 0.1) is 16.3 Å². The van der Waals surface area contributed by atoms with Crippen LogP contribution in [0.3, 0.4) is 0 Å². The Kier molecular flexibility index (Phi) is 5.44. The number of pyridine rings is 1. The summed E-state index contributed by atoms with van der Waals surface area (Å²) in [6.07, 6.45) is 1.44. The number of ether oxygens (including phenoxy) is 2. The van der Waals surface area contributed by atoms with Crippen molar-refractivity contribution in [2.24, 2.45) is 0 Å². The van der Waals surface area contributed by atoms with E-state index in [0.717, 1.165) is 0 Å². The molecule has 0 saturated carbocycles. The number of thioether (sulfide) groups is 1. The quantitative estimate of drug-likeness (QED) is 0.485. The van der Waals surface area contributed by atoms with Gasteiger partial charge in [-0.15, -0.1) is 0 Å². The van der Waals surface area contributed by atoms with Gasteiger partial charge < -0.3 is 14.8 Å². The van der Waals surface area contributed by atoms with E-state index < -0.39 is 0 Å². The number of Topliss-reactive ketones (excluding diaryl/α,β-unsaturated/α-hetero) is 1. The number of rotatable bonds is 6. The number of ketones is 1. The molecular weight excluding hydrogens is 395 g/mol. The van der Waals surface area contributed by atoms with Gasteiger partial charge in [0.2, 0.25) is 6.79 Å². The maximum absolute atomic E-state index is 12.9. The smallest absolute Gasteiger partial charge is 0.257 e.